The van der Waals surface area contributed by atoms with Crippen LogP contribution in [0, 0.1) is 5.92 Å². The smallest absolute Gasteiger partial charge is 0.0409 e. The van der Waals surface area contributed by atoms with Crippen molar-refractivity contribution in [2.75, 3.05) is 13.6 Å². The number of hydrogen-bond donors (Lipinski definition) is 1. The minimum atomic E-state index is 0.226. The van der Waals surface area contributed by atoms with E-state index in [0.29, 0.717) is 12.0 Å². The Labute approximate surface area is 110 Å². The van der Waals surface area contributed by atoms with Gasteiger partial charge in [-0.3, -0.25) is 4.90 Å². The van der Waals surface area contributed by atoms with Gasteiger partial charge in [-0.25, -0.2) is 0 Å². The molecule has 0 aliphatic carbocycles. The van der Waals surface area contributed by atoms with Gasteiger partial charge in [0, 0.05) is 23.7 Å². The van der Waals surface area contributed by atoms with Gasteiger partial charge in [0.05, 0.1) is 0 Å². The fourth-order valence-electron chi connectivity index (χ4n) is 1.80. The first-order valence-electron chi connectivity index (χ1n) is 6.13. The van der Waals surface area contributed by atoms with E-state index < -0.39 is 0 Å². The molecule has 0 spiro atoms. The van der Waals surface area contributed by atoms with Crippen molar-refractivity contribution in [3.63, 3.8) is 0 Å². The van der Waals surface area contributed by atoms with Crippen LogP contribution in [-0.4, -0.2) is 24.5 Å². The predicted octanol–water partition coefficient (Wildman–Crippen LogP) is 3.32. The molecule has 1 rings (SSSR count). The van der Waals surface area contributed by atoms with Gasteiger partial charge in [0.2, 0.25) is 0 Å². The minimum Gasteiger partial charge on any atom is -0.328 e. The summed E-state index contributed by atoms with van der Waals surface area (Å²) in [5.74, 6) is 0.488. The number of hydrogen-bond acceptors (Lipinski definition) is 2. The Morgan fingerprint density at radius 2 is 1.94 bits per heavy atom. The molecule has 0 aromatic heterocycles. The van der Waals surface area contributed by atoms with Gasteiger partial charge in [-0.05, 0) is 44.5 Å². The molecule has 2 N–H and O–H groups in total. The summed E-state index contributed by atoms with van der Waals surface area (Å²) in [6.07, 6.45) is 0. The zero-order chi connectivity index (χ0) is 13.0. The van der Waals surface area contributed by atoms with Gasteiger partial charge in [-0.1, -0.05) is 30.7 Å². The quantitative estimate of drug-likeness (QED) is 0.874. The van der Waals surface area contributed by atoms with E-state index in [-0.39, 0.29) is 6.04 Å². The third-order valence-corrected chi connectivity index (χ3v) is 3.70. The van der Waals surface area contributed by atoms with Gasteiger partial charge in [0.25, 0.3) is 0 Å². The minimum absolute atomic E-state index is 0.226. The van der Waals surface area contributed by atoms with Crippen LogP contribution < -0.4 is 5.73 Å². The molecule has 2 nitrogen and oxygen atoms in total. The van der Waals surface area contributed by atoms with E-state index in [1.165, 1.54) is 5.56 Å². The Balaban J connectivity index is 2.66. The molecular weight excluding hydrogens is 232 g/mol. The number of nitrogens with two attached hydrogens (primary N) is 1. The Bertz CT molecular complexity index is 352. The van der Waals surface area contributed by atoms with Crippen LogP contribution in [0.25, 0.3) is 0 Å². The van der Waals surface area contributed by atoms with Gasteiger partial charge < -0.3 is 5.73 Å². The van der Waals surface area contributed by atoms with E-state index in [1.54, 1.807) is 0 Å². The molecule has 96 valence electrons. The SMILES string of the molecule is CC(N)C(C)CN(C)C(C)c1cccc(Cl)c1. The lowest BCUT2D eigenvalue weighted by Crippen LogP contribution is -2.35. The molecule has 17 heavy (non-hydrogen) atoms. The summed E-state index contributed by atoms with van der Waals surface area (Å²) in [6.45, 7) is 7.43. The number of nitrogens with zero attached hydrogens (tertiary/aromatic N) is 1. The van der Waals surface area contributed by atoms with E-state index in [9.17, 15) is 0 Å². The second-order valence-electron chi connectivity index (χ2n) is 5.01. The third kappa shape index (κ3) is 4.30. The van der Waals surface area contributed by atoms with Crippen molar-refractivity contribution in [1.29, 1.82) is 0 Å². The van der Waals surface area contributed by atoms with Crippen LogP contribution in [-0.2, 0) is 0 Å². The van der Waals surface area contributed by atoms with Crippen molar-refractivity contribution in [1.82, 2.24) is 4.90 Å². The predicted molar refractivity (Wildman–Crippen MR) is 75.3 cm³/mol. The van der Waals surface area contributed by atoms with E-state index in [0.717, 1.165) is 11.6 Å². The van der Waals surface area contributed by atoms with Crippen LogP contribution in [0.2, 0.25) is 5.02 Å². The molecule has 0 aliphatic rings. The number of benzene rings is 1. The highest BCUT2D eigenvalue weighted by Crippen LogP contribution is 2.22. The van der Waals surface area contributed by atoms with E-state index in [1.807, 2.05) is 18.2 Å². The Kier molecular flexibility index (Phi) is 5.44. The van der Waals surface area contributed by atoms with Crippen LogP contribution in [0.15, 0.2) is 24.3 Å². The van der Waals surface area contributed by atoms with Gasteiger partial charge in [0.1, 0.15) is 0 Å². The Morgan fingerprint density at radius 3 is 2.47 bits per heavy atom. The van der Waals surface area contributed by atoms with Gasteiger partial charge in [0.15, 0.2) is 0 Å². The first-order chi connectivity index (χ1) is 7.91. The largest absolute Gasteiger partial charge is 0.328 e. The Hall–Kier alpha value is -0.570. The zero-order valence-corrected chi connectivity index (χ0v) is 11.9. The van der Waals surface area contributed by atoms with Crippen molar-refractivity contribution < 1.29 is 0 Å². The standard InChI is InChI=1S/C14H23ClN2/c1-10(11(2)16)9-17(4)12(3)13-6-5-7-14(15)8-13/h5-8,10-12H,9,16H2,1-4H3. The maximum Gasteiger partial charge on any atom is 0.0409 e. The molecule has 1 aromatic rings. The first kappa shape index (κ1) is 14.5. The molecule has 0 bridgehead atoms. The lowest BCUT2D eigenvalue weighted by Gasteiger charge is -2.29. The fraction of sp³-hybridized carbons (Fsp3) is 0.571. The van der Waals surface area contributed by atoms with Gasteiger partial charge in [-0.15, -0.1) is 0 Å². The van der Waals surface area contributed by atoms with Crippen molar-refractivity contribution in [3.05, 3.63) is 34.9 Å². The third-order valence-electron chi connectivity index (χ3n) is 3.47. The second-order valence-corrected chi connectivity index (χ2v) is 5.44. The fourth-order valence-corrected chi connectivity index (χ4v) is 2.00. The molecule has 0 saturated heterocycles. The summed E-state index contributed by atoms with van der Waals surface area (Å²) < 4.78 is 0. The maximum absolute atomic E-state index is 6.01. The highest BCUT2D eigenvalue weighted by molar-refractivity contribution is 6.30. The maximum atomic E-state index is 6.01. The van der Waals surface area contributed by atoms with Gasteiger partial charge in [-0.2, -0.15) is 0 Å². The Morgan fingerprint density at radius 1 is 1.29 bits per heavy atom. The molecular formula is C14H23ClN2. The molecule has 0 amide bonds. The molecule has 0 heterocycles. The highest BCUT2D eigenvalue weighted by atomic mass is 35.5. The molecule has 0 aliphatic heterocycles. The van der Waals surface area contributed by atoms with Crippen LogP contribution >= 0.6 is 11.6 Å². The average Bonchev–Trinajstić information content (AvgIpc) is 2.27. The summed E-state index contributed by atoms with van der Waals surface area (Å²) >= 11 is 6.01. The molecule has 3 unspecified atom stereocenters. The molecule has 0 saturated carbocycles. The number of halogens is 1. The highest BCUT2D eigenvalue weighted by Gasteiger charge is 2.16. The van der Waals surface area contributed by atoms with Crippen molar-refractivity contribution in [2.24, 2.45) is 11.7 Å². The summed E-state index contributed by atoms with van der Waals surface area (Å²) in [5, 5.41) is 0.794. The average molecular weight is 255 g/mol. The van der Waals surface area contributed by atoms with Crippen LogP contribution in [0.3, 0.4) is 0 Å². The topological polar surface area (TPSA) is 29.3 Å². The summed E-state index contributed by atoms with van der Waals surface area (Å²) in [6, 6.07) is 8.63. The lowest BCUT2D eigenvalue weighted by atomic mass is 10.0. The van der Waals surface area contributed by atoms with E-state index in [2.05, 4.69) is 38.8 Å². The van der Waals surface area contributed by atoms with Crippen molar-refractivity contribution in [3.8, 4) is 0 Å². The molecule has 0 fully saturated rings. The van der Waals surface area contributed by atoms with Crippen LogP contribution in [0.5, 0.6) is 0 Å². The summed E-state index contributed by atoms with van der Waals surface area (Å²) in [5.41, 5.74) is 7.15. The van der Waals surface area contributed by atoms with Crippen molar-refractivity contribution in [2.45, 2.75) is 32.9 Å². The zero-order valence-electron chi connectivity index (χ0n) is 11.2. The summed E-state index contributed by atoms with van der Waals surface area (Å²) in [4.78, 5) is 2.32. The molecule has 1 aromatic carbocycles. The molecule has 3 atom stereocenters. The molecule has 0 radical (unpaired) electrons. The normalized spacial score (nSPS) is 16.9. The number of rotatable bonds is 5. The van der Waals surface area contributed by atoms with Gasteiger partial charge >= 0.3 is 0 Å². The van der Waals surface area contributed by atoms with Crippen LogP contribution in [0.1, 0.15) is 32.4 Å². The summed E-state index contributed by atoms with van der Waals surface area (Å²) in [7, 11) is 2.13. The lowest BCUT2D eigenvalue weighted by molar-refractivity contribution is 0.215. The van der Waals surface area contributed by atoms with E-state index in [4.69, 9.17) is 17.3 Å². The molecule has 3 heteroatoms. The van der Waals surface area contributed by atoms with E-state index >= 15 is 0 Å². The monoisotopic (exact) mass is 254 g/mol. The van der Waals surface area contributed by atoms with Crippen LogP contribution in [0.4, 0.5) is 0 Å². The first-order valence-corrected chi connectivity index (χ1v) is 6.51. The second kappa shape index (κ2) is 6.39. The van der Waals surface area contributed by atoms with Crippen molar-refractivity contribution >= 4 is 11.6 Å².